The van der Waals surface area contributed by atoms with E-state index in [-0.39, 0.29) is 22.4 Å². The van der Waals surface area contributed by atoms with E-state index in [4.69, 9.17) is 4.74 Å². The summed E-state index contributed by atoms with van der Waals surface area (Å²) in [6.07, 6.45) is 3.82. The SMILES string of the molecule is CC1(C)CCCN1S(=O)(=O)c1ccc(Nc2nn([C@H]3COCCC3C#N)c3cc[nH]c(=O)c23)cc1. The molecule has 0 bridgehead atoms. The molecule has 4 heterocycles. The standard InChI is InChI=1S/C24H28N6O4S/c1-24(2)10-3-12-29(24)35(32,33)18-6-4-17(5-7-18)27-22-21-19(8-11-26-23(21)31)30(28-22)20-15-34-13-9-16(20)14-25/h4-8,11,16,20H,3,9-10,12-13,15H2,1-2H3,(H,26,31)(H,27,28)/t16?,20-/m0/s1. The van der Waals surface area contributed by atoms with Crippen LogP contribution in [0.5, 0.6) is 0 Å². The highest BCUT2D eigenvalue weighted by atomic mass is 32.2. The van der Waals surface area contributed by atoms with Crippen LogP contribution in [0.4, 0.5) is 11.5 Å². The highest BCUT2D eigenvalue weighted by molar-refractivity contribution is 7.89. The summed E-state index contributed by atoms with van der Waals surface area (Å²) in [5, 5.41) is 17.8. The third-order valence-electron chi connectivity index (χ3n) is 6.97. The number of fused-ring (bicyclic) bond motifs is 1. The molecule has 0 saturated carbocycles. The summed E-state index contributed by atoms with van der Waals surface area (Å²) in [4.78, 5) is 15.6. The highest BCUT2D eigenvalue weighted by Gasteiger charge is 2.40. The van der Waals surface area contributed by atoms with E-state index in [1.807, 2.05) is 13.8 Å². The third-order valence-corrected chi connectivity index (χ3v) is 9.09. The number of hydrogen-bond donors (Lipinski definition) is 2. The molecule has 3 aromatic rings. The summed E-state index contributed by atoms with van der Waals surface area (Å²) < 4.78 is 35.2. The molecule has 2 fully saturated rings. The summed E-state index contributed by atoms with van der Waals surface area (Å²) in [6.45, 7) is 5.25. The first-order valence-electron chi connectivity index (χ1n) is 11.7. The number of sulfonamides is 1. The van der Waals surface area contributed by atoms with Crippen molar-refractivity contribution in [1.29, 1.82) is 5.26 Å². The Morgan fingerprint density at radius 1 is 1.26 bits per heavy atom. The Hall–Kier alpha value is -3.20. The number of aromatic nitrogens is 3. The van der Waals surface area contributed by atoms with E-state index >= 15 is 0 Å². The van der Waals surface area contributed by atoms with Gasteiger partial charge in [-0.2, -0.15) is 14.7 Å². The molecule has 0 amide bonds. The second-order valence-electron chi connectivity index (χ2n) is 9.67. The van der Waals surface area contributed by atoms with Crippen molar-refractivity contribution in [1.82, 2.24) is 19.1 Å². The van der Waals surface area contributed by atoms with Gasteiger partial charge in [-0.15, -0.1) is 0 Å². The number of nitrogens with one attached hydrogen (secondary N) is 2. The van der Waals surface area contributed by atoms with Crippen LogP contribution in [-0.2, 0) is 14.8 Å². The van der Waals surface area contributed by atoms with Gasteiger partial charge in [0.1, 0.15) is 5.39 Å². The molecule has 1 aromatic carbocycles. The van der Waals surface area contributed by atoms with Crippen LogP contribution in [-0.4, -0.2) is 52.8 Å². The minimum atomic E-state index is -3.61. The minimum absolute atomic E-state index is 0.225. The zero-order chi connectivity index (χ0) is 24.8. The van der Waals surface area contributed by atoms with Crippen molar-refractivity contribution in [3.63, 3.8) is 0 Å². The maximum Gasteiger partial charge on any atom is 0.261 e. The molecule has 2 aromatic heterocycles. The summed E-state index contributed by atoms with van der Waals surface area (Å²) in [7, 11) is -3.61. The Morgan fingerprint density at radius 3 is 2.71 bits per heavy atom. The van der Waals surface area contributed by atoms with Crippen LogP contribution in [0.1, 0.15) is 39.2 Å². The van der Waals surface area contributed by atoms with Crippen LogP contribution in [0.15, 0.2) is 46.2 Å². The number of hydrogen-bond acceptors (Lipinski definition) is 7. The maximum absolute atomic E-state index is 13.2. The van der Waals surface area contributed by atoms with Crippen molar-refractivity contribution in [2.24, 2.45) is 5.92 Å². The normalized spacial score (nSPS) is 22.8. The predicted molar refractivity (Wildman–Crippen MR) is 131 cm³/mol. The molecular formula is C24H28N6O4S. The molecule has 10 nitrogen and oxygen atoms in total. The van der Waals surface area contributed by atoms with E-state index < -0.39 is 15.6 Å². The number of nitrogens with zero attached hydrogens (tertiary/aromatic N) is 4. The van der Waals surface area contributed by atoms with E-state index in [1.165, 1.54) is 0 Å². The van der Waals surface area contributed by atoms with Crippen molar-refractivity contribution < 1.29 is 13.2 Å². The van der Waals surface area contributed by atoms with Crippen LogP contribution in [0, 0.1) is 17.2 Å². The molecule has 0 aliphatic carbocycles. The molecule has 2 N–H and O–H groups in total. The average molecular weight is 497 g/mol. The van der Waals surface area contributed by atoms with Crippen molar-refractivity contribution in [2.75, 3.05) is 25.1 Å². The first kappa shape index (κ1) is 23.5. The molecule has 184 valence electrons. The van der Waals surface area contributed by atoms with E-state index in [1.54, 1.807) is 45.5 Å². The Morgan fingerprint density at radius 2 is 2.03 bits per heavy atom. The van der Waals surface area contributed by atoms with Crippen molar-refractivity contribution >= 4 is 32.4 Å². The second kappa shape index (κ2) is 8.78. The third kappa shape index (κ3) is 4.11. The van der Waals surface area contributed by atoms with Gasteiger partial charge in [-0.1, -0.05) is 0 Å². The number of aromatic amines is 1. The Balaban J connectivity index is 1.48. The monoisotopic (exact) mass is 496 g/mol. The van der Waals surface area contributed by atoms with Crippen LogP contribution in [0.25, 0.3) is 10.9 Å². The predicted octanol–water partition coefficient (Wildman–Crippen LogP) is 3.13. The molecular weight excluding hydrogens is 468 g/mol. The summed E-state index contributed by atoms with van der Waals surface area (Å²) in [6, 6.07) is 10.2. The van der Waals surface area contributed by atoms with Gasteiger partial charge < -0.3 is 15.0 Å². The summed E-state index contributed by atoms with van der Waals surface area (Å²) in [5.41, 5.74) is 0.475. The van der Waals surface area contributed by atoms with Crippen LogP contribution >= 0.6 is 0 Å². The lowest BCUT2D eigenvalue weighted by atomic mass is 9.96. The van der Waals surface area contributed by atoms with Gasteiger partial charge in [0, 0.05) is 30.6 Å². The van der Waals surface area contributed by atoms with E-state index in [0.717, 1.165) is 12.8 Å². The molecule has 11 heteroatoms. The van der Waals surface area contributed by atoms with Gasteiger partial charge in [0.25, 0.3) is 5.56 Å². The molecule has 2 aliphatic heterocycles. The topological polar surface area (TPSA) is 133 Å². The number of nitriles is 1. The molecule has 2 atom stereocenters. The van der Waals surface area contributed by atoms with Gasteiger partial charge in [0.05, 0.1) is 35.0 Å². The zero-order valence-corrected chi connectivity index (χ0v) is 20.5. The number of H-pyrrole nitrogens is 1. The lowest BCUT2D eigenvalue weighted by Crippen LogP contribution is -2.42. The number of benzene rings is 1. The minimum Gasteiger partial charge on any atom is -0.379 e. The van der Waals surface area contributed by atoms with Crippen LogP contribution in [0.3, 0.4) is 0 Å². The van der Waals surface area contributed by atoms with E-state index in [9.17, 15) is 18.5 Å². The zero-order valence-electron chi connectivity index (χ0n) is 19.7. The van der Waals surface area contributed by atoms with E-state index in [2.05, 4.69) is 21.5 Å². The summed E-state index contributed by atoms with van der Waals surface area (Å²) in [5.74, 6) is 0.0544. The number of rotatable bonds is 5. The molecule has 35 heavy (non-hydrogen) atoms. The first-order chi connectivity index (χ1) is 16.7. The Kier molecular flexibility index (Phi) is 5.91. The average Bonchev–Trinajstić information content (AvgIpc) is 3.40. The van der Waals surface area contributed by atoms with Crippen molar-refractivity contribution in [2.45, 2.75) is 49.6 Å². The fourth-order valence-corrected chi connectivity index (χ4v) is 6.90. The van der Waals surface area contributed by atoms with Crippen LogP contribution in [0.2, 0.25) is 0 Å². The van der Waals surface area contributed by atoms with Gasteiger partial charge in [-0.25, -0.2) is 8.42 Å². The van der Waals surface area contributed by atoms with Crippen molar-refractivity contribution in [3.05, 3.63) is 46.9 Å². The second-order valence-corrected chi connectivity index (χ2v) is 11.5. The lowest BCUT2D eigenvalue weighted by Gasteiger charge is -2.30. The van der Waals surface area contributed by atoms with E-state index in [0.29, 0.717) is 48.6 Å². The first-order valence-corrected chi connectivity index (χ1v) is 13.1. The van der Waals surface area contributed by atoms with Crippen LogP contribution < -0.4 is 10.9 Å². The number of anilines is 2. The molecule has 5 rings (SSSR count). The fourth-order valence-electron chi connectivity index (χ4n) is 5.06. The van der Waals surface area contributed by atoms with Gasteiger partial charge in [0.15, 0.2) is 5.82 Å². The molecule has 0 radical (unpaired) electrons. The van der Waals surface area contributed by atoms with Gasteiger partial charge >= 0.3 is 0 Å². The fraction of sp³-hybridized carbons (Fsp3) is 0.458. The Bertz CT molecular complexity index is 1450. The van der Waals surface area contributed by atoms with Gasteiger partial charge in [0.2, 0.25) is 10.0 Å². The number of pyridine rings is 1. The molecule has 2 aliphatic rings. The van der Waals surface area contributed by atoms with Gasteiger partial charge in [-0.05, 0) is 63.4 Å². The summed E-state index contributed by atoms with van der Waals surface area (Å²) >= 11 is 0. The Labute approximate surface area is 203 Å². The van der Waals surface area contributed by atoms with Crippen molar-refractivity contribution in [3.8, 4) is 6.07 Å². The smallest absolute Gasteiger partial charge is 0.261 e. The lowest BCUT2D eigenvalue weighted by molar-refractivity contribution is 0.0359. The van der Waals surface area contributed by atoms with Gasteiger partial charge in [-0.3, -0.25) is 9.48 Å². The quantitative estimate of drug-likeness (QED) is 0.554. The molecule has 0 spiro atoms. The molecule has 2 saturated heterocycles. The largest absolute Gasteiger partial charge is 0.379 e. The highest BCUT2D eigenvalue weighted by Crippen LogP contribution is 2.35. The number of ether oxygens (including phenoxy) is 1. The molecule has 1 unspecified atom stereocenters. The maximum atomic E-state index is 13.2.